The molecule has 1 aromatic carbocycles. The van der Waals surface area contributed by atoms with E-state index in [1.807, 2.05) is 48.0 Å². The van der Waals surface area contributed by atoms with E-state index in [0.717, 1.165) is 44.6 Å². The van der Waals surface area contributed by atoms with Gasteiger partial charge in [0.05, 0.1) is 12.8 Å². The summed E-state index contributed by atoms with van der Waals surface area (Å²) in [7, 11) is 3.63. The highest BCUT2D eigenvalue weighted by atomic mass is 32.2. The molecule has 0 atom stereocenters. The molecule has 0 aliphatic rings. The van der Waals surface area contributed by atoms with Gasteiger partial charge in [-0.05, 0) is 36.4 Å². The highest BCUT2D eigenvalue weighted by Crippen LogP contribution is 2.28. The van der Waals surface area contributed by atoms with Crippen molar-refractivity contribution < 1.29 is 4.74 Å². The van der Waals surface area contributed by atoms with Gasteiger partial charge in [0, 0.05) is 41.8 Å². The number of hydrogen-bond donors (Lipinski definition) is 1. The number of benzene rings is 1. The van der Waals surface area contributed by atoms with Gasteiger partial charge in [0.25, 0.3) is 0 Å². The van der Waals surface area contributed by atoms with E-state index in [2.05, 4.69) is 30.9 Å². The van der Waals surface area contributed by atoms with Gasteiger partial charge in [0.1, 0.15) is 5.75 Å². The van der Waals surface area contributed by atoms with Crippen molar-refractivity contribution in [3.8, 4) is 17.1 Å². The Morgan fingerprint density at radius 3 is 2.64 bits per heavy atom. The maximum atomic E-state index is 5.18. The van der Waals surface area contributed by atoms with Crippen LogP contribution in [0.15, 0.2) is 59.3 Å². The van der Waals surface area contributed by atoms with Gasteiger partial charge in [0.15, 0.2) is 16.1 Å². The number of thioether (sulfide) groups is 1. The van der Waals surface area contributed by atoms with Crippen LogP contribution >= 0.6 is 23.1 Å². The molecule has 142 valence electrons. The quantitative estimate of drug-likeness (QED) is 0.453. The van der Waals surface area contributed by atoms with Gasteiger partial charge in [-0.3, -0.25) is 4.98 Å². The zero-order chi connectivity index (χ0) is 19.3. The molecule has 0 aliphatic heterocycles. The van der Waals surface area contributed by atoms with E-state index in [-0.39, 0.29) is 0 Å². The fourth-order valence-corrected chi connectivity index (χ4v) is 4.20. The first-order valence-corrected chi connectivity index (χ1v) is 10.4. The SMILES string of the molecule is COc1ccc(Nc2nc(CSc3nnc(-c4ccncc4)n3C)cs2)cc1. The van der Waals surface area contributed by atoms with Crippen molar-refractivity contribution in [3.05, 3.63) is 59.9 Å². The summed E-state index contributed by atoms with van der Waals surface area (Å²) in [6.07, 6.45) is 3.51. The minimum Gasteiger partial charge on any atom is -0.497 e. The molecule has 7 nitrogen and oxygen atoms in total. The molecule has 0 fully saturated rings. The van der Waals surface area contributed by atoms with Crippen LogP contribution in [-0.2, 0) is 12.8 Å². The van der Waals surface area contributed by atoms with E-state index in [4.69, 9.17) is 4.74 Å². The smallest absolute Gasteiger partial charge is 0.191 e. The Morgan fingerprint density at radius 1 is 1.11 bits per heavy atom. The number of ether oxygens (including phenoxy) is 1. The number of pyridine rings is 1. The fourth-order valence-electron chi connectivity index (χ4n) is 2.56. The predicted molar refractivity (Wildman–Crippen MR) is 112 cm³/mol. The van der Waals surface area contributed by atoms with E-state index in [1.54, 1.807) is 42.6 Å². The molecule has 3 heterocycles. The van der Waals surface area contributed by atoms with Gasteiger partial charge in [-0.25, -0.2) is 4.98 Å². The molecule has 4 aromatic rings. The Hall–Kier alpha value is -2.91. The molecular formula is C19H18N6OS2. The van der Waals surface area contributed by atoms with Crippen molar-refractivity contribution in [3.63, 3.8) is 0 Å². The van der Waals surface area contributed by atoms with Crippen LogP contribution < -0.4 is 10.1 Å². The lowest BCUT2D eigenvalue weighted by Crippen LogP contribution is -1.95. The summed E-state index contributed by atoms with van der Waals surface area (Å²) >= 11 is 3.19. The monoisotopic (exact) mass is 410 g/mol. The number of rotatable bonds is 7. The number of anilines is 2. The molecule has 28 heavy (non-hydrogen) atoms. The highest BCUT2D eigenvalue weighted by Gasteiger charge is 2.12. The Bertz CT molecular complexity index is 1050. The van der Waals surface area contributed by atoms with Crippen LogP contribution in [0.25, 0.3) is 11.4 Å². The van der Waals surface area contributed by atoms with Crippen LogP contribution in [0.2, 0.25) is 0 Å². The van der Waals surface area contributed by atoms with Crippen molar-refractivity contribution in [1.82, 2.24) is 24.7 Å². The summed E-state index contributed by atoms with van der Waals surface area (Å²) in [5, 5.41) is 15.7. The first-order chi connectivity index (χ1) is 13.7. The summed E-state index contributed by atoms with van der Waals surface area (Å²) in [4.78, 5) is 8.69. The van der Waals surface area contributed by atoms with Crippen LogP contribution in [-0.4, -0.2) is 31.8 Å². The topological polar surface area (TPSA) is 77.8 Å². The van der Waals surface area contributed by atoms with Crippen LogP contribution in [0.3, 0.4) is 0 Å². The summed E-state index contributed by atoms with van der Waals surface area (Å²) in [6.45, 7) is 0. The van der Waals surface area contributed by atoms with E-state index in [9.17, 15) is 0 Å². The first kappa shape index (κ1) is 18.5. The normalized spacial score (nSPS) is 10.8. The molecule has 0 aliphatic carbocycles. The molecule has 0 amide bonds. The molecule has 3 aromatic heterocycles. The van der Waals surface area contributed by atoms with Crippen molar-refractivity contribution in [2.75, 3.05) is 12.4 Å². The van der Waals surface area contributed by atoms with Crippen LogP contribution in [0.4, 0.5) is 10.8 Å². The Labute approximate surface area is 170 Å². The third-order valence-electron chi connectivity index (χ3n) is 4.02. The van der Waals surface area contributed by atoms with Crippen molar-refractivity contribution in [1.29, 1.82) is 0 Å². The van der Waals surface area contributed by atoms with Gasteiger partial charge < -0.3 is 14.6 Å². The standard InChI is InChI=1S/C19H18N6OS2/c1-25-17(13-7-9-20-10-8-13)23-24-19(25)28-12-15-11-27-18(22-15)21-14-3-5-16(26-2)6-4-14/h3-11H,12H2,1-2H3,(H,21,22). The lowest BCUT2D eigenvalue weighted by molar-refractivity contribution is 0.415. The Balaban J connectivity index is 1.39. The lowest BCUT2D eigenvalue weighted by atomic mass is 10.2. The second-order valence-electron chi connectivity index (χ2n) is 5.89. The van der Waals surface area contributed by atoms with E-state index in [0.29, 0.717) is 0 Å². The zero-order valence-corrected chi connectivity index (χ0v) is 17.0. The van der Waals surface area contributed by atoms with Gasteiger partial charge in [-0.15, -0.1) is 21.5 Å². The molecule has 1 N–H and O–H groups in total. The molecule has 0 radical (unpaired) electrons. The number of nitrogens with zero attached hydrogens (tertiary/aromatic N) is 5. The molecule has 0 saturated heterocycles. The van der Waals surface area contributed by atoms with Crippen molar-refractivity contribution in [2.45, 2.75) is 10.9 Å². The molecule has 0 saturated carbocycles. The summed E-state index contributed by atoms with van der Waals surface area (Å²) < 4.78 is 7.17. The second kappa shape index (κ2) is 8.41. The molecule has 4 rings (SSSR count). The maximum Gasteiger partial charge on any atom is 0.191 e. The molecule has 0 unspecified atom stereocenters. The summed E-state index contributed by atoms with van der Waals surface area (Å²) in [6, 6.07) is 11.6. The van der Waals surface area contributed by atoms with Crippen LogP contribution in [0.1, 0.15) is 5.69 Å². The average molecular weight is 411 g/mol. The van der Waals surface area contributed by atoms with E-state index < -0.39 is 0 Å². The Morgan fingerprint density at radius 2 is 1.89 bits per heavy atom. The van der Waals surface area contributed by atoms with Crippen molar-refractivity contribution >= 4 is 33.9 Å². The van der Waals surface area contributed by atoms with Gasteiger partial charge in [0.2, 0.25) is 0 Å². The predicted octanol–water partition coefficient (Wildman–Crippen LogP) is 4.38. The summed E-state index contributed by atoms with van der Waals surface area (Å²) in [5.41, 5.74) is 2.97. The number of thiazole rings is 1. The van der Waals surface area contributed by atoms with Gasteiger partial charge in [-0.1, -0.05) is 11.8 Å². The van der Waals surface area contributed by atoms with Crippen molar-refractivity contribution in [2.24, 2.45) is 7.05 Å². The van der Waals surface area contributed by atoms with Gasteiger partial charge in [-0.2, -0.15) is 0 Å². The molecule has 9 heteroatoms. The van der Waals surface area contributed by atoms with Gasteiger partial charge >= 0.3 is 0 Å². The average Bonchev–Trinajstić information content (AvgIpc) is 3.34. The Kier molecular flexibility index (Phi) is 5.54. The highest BCUT2D eigenvalue weighted by molar-refractivity contribution is 7.98. The third kappa shape index (κ3) is 4.15. The zero-order valence-electron chi connectivity index (χ0n) is 15.4. The molecule has 0 bridgehead atoms. The minimum atomic E-state index is 0.725. The third-order valence-corrected chi connectivity index (χ3v) is 5.88. The molecule has 0 spiro atoms. The molecular weight excluding hydrogens is 392 g/mol. The largest absolute Gasteiger partial charge is 0.497 e. The number of nitrogens with one attached hydrogen (secondary N) is 1. The number of methoxy groups -OCH3 is 1. The number of aromatic nitrogens is 5. The van der Waals surface area contributed by atoms with E-state index >= 15 is 0 Å². The second-order valence-corrected chi connectivity index (χ2v) is 7.69. The maximum absolute atomic E-state index is 5.18. The van der Waals surface area contributed by atoms with E-state index in [1.165, 1.54) is 0 Å². The fraction of sp³-hybridized carbons (Fsp3) is 0.158. The first-order valence-electron chi connectivity index (χ1n) is 8.51. The van der Waals surface area contributed by atoms with Crippen LogP contribution in [0.5, 0.6) is 5.75 Å². The minimum absolute atomic E-state index is 0.725. The summed E-state index contributed by atoms with van der Waals surface area (Å²) in [5.74, 6) is 2.38. The van der Waals surface area contributed by atoms with Crippen LogP contribution in [0, 0.1) is 0 Å². The number of hydrogen-bond acceptors (Lipinski definition) is 8. The lowest BCUT2D eigenvalue weighted by Gasteiger charge is -2.04.